The first-order valence-corrected chi connectivity index (χ1v) is 7.83. The highest BCUT2D eigenvalue weighted by atomic mass is 15.2. The van der Waals surface area contributed by atoms with Crippen LogP contribution in [0.3, 0.4) is 0 Å². The summed E-state index contributed by atoms with van der Waals surface area (Å²) in [5.41, 5.74) is 9.17. The molecule has 2 aromatic heterocycles. The summed E-state index contributed by atoms with van der Waals surface area (Å²) in [4.78, 5) is 19.6. The fraction of sp³-hybridized carbons (Fsp3) is 0.500. The van der Waals surface area contributed by atoms with E-state index in [9.17, 15) is 0 Å². The van der Waals surface area contributed by atoms with Crippen LogP contribution in [0.2, 0.25) is 0 Å². The number of anilines is 2. The minimum atomic E-state index is 0.363. The van der Waals surface area contributed by atoms with Crippen molar-refractivity contribution in [3.63, 3.8) is 0 Å². The highest BCUT2D eigenvalue weighted by molar-refractivity contribution is 5.52. The first kappa shape index (κ1) is 14.7. The number of rotatable bonds is 3. The van der Waals surface area contributed by atoms with Gasteiger partial charge in [-0.05, 0) is 32.3 Å². The molecular weight excluding hydrogens is 276 g/mol. The van der Waals surface area contributed by atoms with Gasteiger partial charge in [-0.1, -0.05) is 6.92 Å². The number of hydrogen-bond donors (Lipinski definition) is 1. The molecule has 0 spiro atoms. The first-order chi connectivity index (χ1) is 10.7. The van der Waals surface area contributed by atoms with Crippen molar-refractivity contribution >= 4 is 11.8 Å². The fourth-order valence-corrected chi connectivity index (χ4v) is 3.17. The predicted molar refractivity (Wildman–Crippen MR) is 86.8 cm³/mol. The van der Waals surface area contributed by atoms with E-state index in [1.165, 1.54) is 0 Å². The molecule has 2 N–H and O–H groups in total. The molecule has 3 rings (SSSR count). The minimum Gasteiger partial charge on any atom is -0.368 e. The third kappa shape index (κ3) is 2.86. The molecule has 1 saturated heterocycles. The van der Waals surface area contributed by atoms with Crippen LogP contribution in [0.1, 0.15) is 42.6 Å². The van der Waals surface area contributed by atoms with Crippen LogP contribution in [0, 0.1) is 6.92 Å². The van der Waals surface area contributed by atoms with Crippen molar-refractivity contribution in [2.75, 3.05) is 23.7 Å². The Morgan fingerprint density at radius 3 is 2.95 bits per heavy atom. The van der Waals surface area contributed by atoms with E-state index in [4.69, 9.17) is 5.73 Å². The van der Waals surface area contributed by atoms with Crippen LogP contribution in [-0.4, -0.2) is 33.0 Å². The molecule has 6 heteroatoms. The summed E-state index contributed by atoms with van der Waals surface area (Å²) in [5, 5.41) is 0. The maximum absolute atomic E-state index is 5.89. The molecule has 0 aromatic carbocycles. The van der Waals surface area contributed by atoms with E-state index in [1.807, 2.05) is 12.3 Å². The molecule has 116 valence electrons. The van der Waals surface area contributed by atoms with E-state index in [-0.39, 0.29) is 0 Å². The average Bonchev–Trinajstić information content (AvgIpc) is 2.57. The Labute approximate surface area is 130 Å². The van der Waals surface area contributed by atoms with Crippen LogP contribution in [0.25, 0.3) is 0 Å². The summed E-state index contributed by atoms with van der Waals surface area (Å²) >= 11 is 0. The summed E-state index contributed by atoms with van der Waals surface area (Å²) in [6.45, 7) is 6.10. The molecule has 3 heterocycles. The van der Waals surface area contributed by atoms with Crippen LogP contribution in [-0.2, 0) is 6.42 Å². The molecule has 2 aromatic rings. The Balaban J connectivity index is 1.88. The normalized spacial score (nSPS) is 18.5. The van der Waals surface area contributed by atoms with E-state index in [2.05, 4.69) is 38.7 Å². The fourth-order valence-electron chi connectivity index (χ4n) is 3.17. The summed E-state index contributed by atoms with van der Waals surface area (Å²) in [6, 6.07) is 2.01. The summed E-state index contributed by atoms with van der Waals surface area (Å²) in [7, 11) is 0. The number of piperidine rings is 1. The quantitative estimate of drug-likeness (QED) is 0.934. The Kier molecular flexibility index (Phi) is 4.18. The van der Waals surface area contributed by atoms with E-state index in [0.29, 0.717) is 11.9 Å². The van der Waals surface area contributed by atoms with Gasteiger partial charge in [-0.2, -0.15) is 4.98 Å². The van der Waals surface area contributed by atoms with Crippen LogP contribution < -0.4 is 10.6 Å². The molecule has 0 radical (unpaired) electrons. The van der Waals surface area contributed by atoms with Crippen molar-refractivity contribution in [3.8, 4) is 0 Å². The van der Waals surface area contributed by atoms with Gasteiger partial charge in [0.2, 0.25) is 5.95 Å². The van der Waals surface area contributed by atoms with Crippen LogP contribution in [0.4, 0.5) is 11.8 Å². The van der Waals surface area contributed by atoms with Crippen molar-refractivity contribution in [1.82, 2.24) is 19.9 Å². The molecule has 1 aliphatic heterocycles. The Morgan fingerprint density at radius 1 is 1.36 bits per heavy atom. The third-order valence-corrected chi connectivity index (χ3v) is 4.32. The highest BCUT2D eigenvalue weighted by Crippen LogP contribution is 2.30. The average molecular weight is 298 g/mol. The third-order valence-electron chi connectivity index (χ3n) is 4.32. The van der Waals surface area contributed by atoms with Crippen molar-refractivity contribution < 1.29 is 0 Å². The second-order valence-electron chi connectivity index (χ2n) is 5.75. The van der Waals surface area contributed by atoms with Gasteiger partial charge in [0, 0.05) is 36.5 Å². The van der Waals surface area contributed by atoms with Gasteiger partial charge in [-0.15, -0.1) is 0 Å². The van der Waals surface area contributed by atoms with Crippen molar-refractivity contribution in [1.29, 1.82) is 0 Å². The van der Waals surface area contributed by atoms with Gasteiger partial charge in [0.1, 0.15) is 12.1 Å². The van der Waals surface area contributed by atoms with Crippen LogP contribution >= 0.6 is 0 Å². The van der Waals surface area contributed by atoms with Gasteiger partial charge in [-0.25, -0.2) is 15.0 Å². The first-order valence-electron chi connectivity index (χ1n) is 7.83. The molecule has 22 heavy (non-hydrogen) atoms. The van der Waals surface area contributed by atoms with Gasteiger partial charge in [0.05, 0.1) is 5.69 Å². The topological polar surface area (TPSA) is 80.8 Å². The van der Waals surface area contributed by atoms with Crippen LogP contribution in [0.15, 0.2) is 18.6 Å². The van der Waals surface area contributed by atoms with E-state index in [1.54, 1.807) is 6.33 Å². The zero-order valence-electron chi connectivity index (χ0n) is 13.2. The van der Waals surface area contributed by atoms with Gasteiger partial charge < -0.3 is 10.6 Å². The molecule has 6 nitrogen and oxygen atoms in total. The molecule has 1 atom stereocenters. The van der Waals surface area contributed by atoms with Crippen molar-refractivity contribution in [3.05, 3.63) is 35.5 Å². The standard InChI is InChI=1S/C16H22N6/c1-3-13-11(2)15(21-16(17)20-13)22-8-4-5-12(9-22)14-6-7-18-10-19-14/h6-7,10,12H,3-5,8-9H2,1-2H3,(H2,17,20,21)/t12-/m0/s1. The van der Waals surface area contributed by atoms with Gasteiger partial charge in [-0.3, -0.25) is 0 Å². The molecule has 0 amide bonds. The molecule has 1 fully saturated rings. The number of aryl methyl sites for hydroxylation is 1. The largest absolute Gasteiger partial charge is 0.368 e. The highest BCUT2D eigenvalue weighted by Gasteiger charge is 2.25. The number of nitrogens with zero attached hydrogens (tertiary/aromatic N) is 5. The van der Waals surface area contributed by atoms with Crippen molar-refractivity contribution in [2.45, 2.75) is 39.0 Å². The lowest BCUT2D eigenvalue weighted by molar-refractivity contribution is 0.497. The molecule has 0 bridgehead atoms. The van der Waals surface area contributed by atoms with Gasteiger partial charge in [0.25, 0.3) is 0 Å². The molecule has 1 aliphatic rings. The maximum atomic E-state index is 5.89. The van der Waals surface area contributed by atoms with E-state index in [0.717, 1.165) is 55.1 Å². The summed E-state index contributed by atoms with van der Waals surface area (Å²) < 4.78 is 0. The second kappa shape index (κ2) is 6.25. The molecule has 0 aliphatic carbocycles. The summed E-state index contributed by atoms with van der Waals surface area (Å²) in [5.74, 6) is 1.75. The second-order valence-corrected chi connectivity index (χ2v) is 5.75. The van der Waals surface area contributed by atoms with Gasteiger partial charge in [0.15, 0.2) is 0 Å². The zero-order valence-corrected chi connectivity index (χ0v) is 13.2. The Bertz CT molecular complexity index is 643. The van der Waals surface area contributed by atoms with Gasteiger partial charge >= 0.3 is 0 Å². The van der Waals surface area contributed by atoms with E-state index < -0.39 is 0 Å². The van der Waals surface area contributed by atoms with Crippen LogP contribution in [0.5, 0.6) is 0 Å². The van der Waals surface area contributed by atoms with E-state index >= 15 is 0 Å². The Morgan fingerprint density at radius 2 is 2.23 bits per heavy atom. The number of nitrogen functional groups attached to an aromatic ring is 1. The number of hydrogen-bond acceptors (Lipinski definition) is 6. The monoisotopic (exact) mass is 298 g/mol. The number of aromatic nitrogens is 4. The SMILES string of the molecule is CCc1nc(N)nc(N2CCC[C@H](c3ccncn3)C2)c1C. The number of nitrogens with two attached hydrogens (primary N) is 1. The zero-order chi connectivity index (χ0) is 15.5. The molecular formula is C16H22N6. The Hall–Kier alpha value is -2.24. The summed E-state index contributed by atoms with van der Waals surface area (Å²) in [6.07, 6.45) is 6.57. The maximum Gasteiger partial charge on any atom is 0.222 e. The lowest BCUT2D eigenvalue weighted by Gasteiger charge is -2.34. The van der Waals surface area contributed by atoms with Crippen molar-refractivity contribution in [2.24, 2.45) is 0 Å². The lowest BCUT2D eigenvalue weighted by Crippen LogP contribution is -2.36. The molecule has 0 saturated carbocycles. The lowest BCUT2D eigenvalue weighted by atomic mass is 9.94. The predicted octanol–water partition coefficient (Wildman–Crippen LogP) is 2.10. The minimum absolute atomic E-state index is 0.363. The smallest absolute Gasteiger partial charge is 0.222 e. The molecule has 0 unspecified atom stereocenters.